The summed E-state index contributed by atoms with van der Waals surface area (Å²) in [5.41, 5.74) is 4.44. The molecule has 3 N–H and O–H groups in total. The number of nitrogens with one attached hydrogen (secondary N) is 2. The molecule has 12 unspecified atom stereocenters. The molecule has 5 nitrogen and oxygen atoms in total. The maximum Gasteiger partial charge on any atom is 0.335 e. The van der Waals surface area contributed by atoms with Crippen LogP contribution in [-0.2, 0) is 4.74 Å². The lowest BCUT2D eigenvalue weighted by molar-refractivity contribution is -0.918. The molecule has 2 heterocycles. The van der Waals surface area contributed by atoms with E-state index in [0.717, 1.165) is 48.7 Å². The Hall–Kier alpha value is -1.69. The van der Waals surface area contributed by atoms with Crippen molar-refractivity contribution in [2.75, 3.05) is 26.2 Å². The number of likely N-dealkylation sites (tertiary alicyclic amines) is 1. The van der Waals surface area contributed by atoms with Crippen LogP contribution in [-0.4, -0.2) is 55.0 Å². The molecule has 2 bridgehead atoms. The summed E-state index contributed by atoms with van der Waals surface area (Å²) in [7, 11) is 0. The van der Waals surface area contributed by atoms with Crippen molar-refractivity contribution in [3.8, 4) is 0 Å². The molecule has 5 heteroatoms. The monoisotopic (exact) mass is 657 g/mol. The number of quaternary nitrogens is 1. The molecule has 0 amide bonds. The van der Waals surface area contributed by atoms with Crippen LogP contribution in [0, 0.1) is 57.2 Å². The number of benzene rings is 1. The average molecular weight is 658 g/mol. The standard InChI is InChI=1S/C43H64N2O3/c1-27(2)32-14-19-43(44-22-23-45-25-31-24-30(45)26-48-31)21-20-41(6)34(37(32)43)12-13-36-40(5)17-15-33(28-8-10-29(11-9-28)38(46)47)39(3,4)35(40)16-18-42(36,41)7/h8-11,15,27,30-32,34-37,44H,12-14,16-26H2,1-7H3,(H,46,47)/p+1. The highest BCUT2D eigenvalue weighted by molar-refractivity contribution is 5.88. The molecule has 8 rings (SSSR count). The summed E-state index contributed by atoms with van der Waals surface area (Å²) in [6, 6.07) is 8.43. The van der Waals surface area contributed by atoms with Gasteiger partial charge in [-0.2, -0.15) is 0 Å². The predicted molar refractivity (Wildman–Crippen MR) is 193 cm³/mol. The lowest BCUT2D eigenvalue weighted by Gasteiger charge is -2.72. The second kappa shape index (κ2) is 11.4. The number of carboxylic acid groups (broad SMARTS) is 1. The molecule has 7 aliphatic rings. The van der Waals surface area contributed by atoms with E-state index in [1.807, 2.05) is 0 Å². The number of carbonyl (C=O) groups is 1. The Morgan fingerprint density at radius 2 is 1.73 bits per heavy atom. The fraction of sp³-hybridized carbons (Fsp3) is 0.791. The van der Waals surface area contributed by atoms with Crippen LogP contribution in [0.2, 0.25) is 0 Å². The Bertz CT molecular complexity index is 1450. The van der Waals surface area contributed by atoms with E-state index >= 15 is 0 Å². The molecule has 12 atom stereocenters. The maximum absolute atomic E-state index is 11.6. The highest BCUT2D eigenvalue weighted by Gasteiger charge is 2.70. The Balaban J connectivity index is 1.06. The van der Waals surface area contributed by atoms with Gasteiger partial charge in [0.25, 0.3) is 0 Å². The van der Waals surface area contributed by atoms with Crippen LogP contribution in [0.15, 0.2) is 30.3 Å². The van der Waals surface area contributed by atoms with Crippen molar-refractivity contribution >= 4 is 11.5 Å². The van der Waals surface area contributed by atoms with Crippen molar-refractivity contribution in [1.29, 1.82) is 0 Å². The SMILES string of the molecule is CC(C)C1CCC2(NCC[NH+]3CC4CC3CO4)CCC3(C)C(CCC4C5(C)CC=C(c6ccc(C(=O)O)cc6)C(C)(C)C5CCC43C)C12. The van der Waals surface area contributed by atoms with Gasteiger partial charge in [0.05, 0.1) is 18.7 Å². The number of aromatic carboxylic acids is 1. The Labute approximate surface area is 291 Å². The number of hydrogen-bond acceptors (Lipinski definition) is 3. The van der Waals surface area contributed by atoms with Crippen molar-refractivity contribution in [3.05, 3.63) is 41.5 Å². The minimum atomic E-state index is -0.847. The molecule has 0 spiro atoms. The Kier molecular flexibility index (Phi) is 7.95. The first kappa shape index (κ1) is 33.5. The van der Waals surface area contributed by atoms with Crippen LogP contribution >= 0.6 is 0 Å². The third-order valence-corrected chi connectivity index (χ3v) is 17.4. The van der Waals surface area contributed by atoms with Crippen LogP contribution in [0.25, 0.3) is 5.57 Å². The lowest BCUT2D eigenvalue weighted by atomic mass is 9.33. The molecule has 0 radical (unpaired) electrons. The van der Waals surface area contributed by atoms with Gasteiger partial charge in [0.2, 0.25) is 0 Å². The molecule has 264 valence electrons. The first-order valence-electron chi connectivity index (χ1n) is 20.0. The largest absolute Gasteiger partial charge is 0.478 e. The first-order valence-corrected chi connectivity index (χ1v) is 20.0. The van der Waals surface area contributed by atoms with Gasteiger partial charge in [-0.1, -0.05) is 66.7 Å². The summed E-state index contributed by atoms with van der Waals surface area (Å²) in [5.74, 6) is 3.74. The molecule has 1 aromatic rings. The summed E-state index contributed by atoms with van der Waals surface area (Å²) < 4.78 is 5.94. The zero-order valence-electron chi connectivity index (χ0n) is 31.2. The summed E-state index contributed by atoms with van der Waals surface area (Å²) in [6.45, 7) is 22.9. The number of carboxylic acids is 1. The molecular weight excluding hydrogens is 592 g/mol. The summed E-state index contributed by atoms with van der Waals surface area (Å²) in [4.78, 5) is 13.4. The highest BCUT2D eigenvalue weighted by atomic mass is 16.5. The van der Waals surface area contributed by atoms with Gasteiger partial charge in [0.15, 0.2) is 0 Å². The first-order chi connectivity index (χ1) is 22.7. The van der Waals surface area contributed by atoms with Crippen LogP contribution in [0.1, 0.15) is 129 Å². The van der Waals surface area contributed by atoms with Crippen molar-refractivity contribution in [1.82, 2.24) is 5.32 Å². The van der Waals surface area contributed by atoms with E-state index in [2.05, 4.69) is 72.0 Å². The summed E-state index contributed by atoms with van der Waals surface area (Å²) >= 11 is 0. The maximum atomic E-state index is 11.6. The molecule has 5 aliphatic carbocycles. The minimum absolute atomic E-state index is 0.0552. The fourth-order valence-electron chi connectivity index (χ4n) is 15.0. The highest BCUT2D eigenvalue weighted by Crippen LogP contribution is 2.76. The van der Waals surface area contributed by atoms with Gasteiger partial charge in [0.1, 0.15) is 18.7 Å². The van der Waals surface area contributed by atoms with Crippen LogP contribution in [0.3, 0.4) is 0 Å². The van der Waals surface area contributed by atoms with E-state index in [9.17, 15) is 9.90 Å². The molecule has 4 saturated carbocycles. The van der Waals surface area contributed by atoms with E-state index in [1.165, 1.54) is 88.6 Å². The number of ether oxygens (including phenoxy) is 1. The number of hydrogen-bond donors (Lipinski definition) is 3. The smallest absolute Gasteiger partial charge is 0.335 e. The second-order valence-corrected chi connectivity index (χ2v) is 19.7. The van der Waals surface area contributed by atoms with E-state index in [0.29, 0.717) is 34.0 Å². The van der Waals surface area contributed by atoms with E-state index in [4.69, 9.17) is 4.74 Å². The average Bonchev–Trinajstić information content (AvgIpc) is 3.76. The predicted octanol–water partition coefficient (Wildman–Crippen LogP) is 7.51. The van der Waals surface area contributed by atoms with Gasteiger partial charge in [0, 0.05) is 18.5 Å². The third-order valence-electron chi connectivity index (χ3n) is 17.4. The van der Waals surface area contributed by atoms with Crippen molar-refractivity contribution in [2.45, 2.75) is 130 Å². The lowest BCUT2D eigenvalue weighted by Crippen LogP contribution is -3.16. The number of fused-ring (bicyclic) bond motifs is 9. The third kappa shape index (κ3) is 4.68. The van der Waals surface area contributed by atoms with Crippen molar-refractivity contribution < 1.29 is 19.5 Å². The van der Waals surface area contributed by atoms with Gasteiger partial charge in [-0.25, -0.2) is 4.79 Å². The van der Waals surface area contributed by atoms with E-state index in [-0.39, 0.29) is 10.8 Å². The number of rotatable bonds is 7. The van der Waals surface area contributed by atoms with E-state index < -0.39 is 5.97 Å². The molecule has 1 aromatic carbocycles. The topological polar surface area (TPSA) is 63.0 Å². The zero-order chi connectivity index (χ0) is 33.9. The fourth-order valence-corrected chi connectivity index (χ4v) is 15.0. The van der Waals surface area contributed by atoms with Gasteiger partial charge >= 0.3 is 5.97 Å². The molecule has 6 fully saturated rings. The molecule has 2 saturated heterocycles. The van der Waals surface area contributed by atoms with Gasteiger partial charge < -0.3 is 20.1 Å². The Morgan fingerprint density at radius 3 is 2.40 bits per heavy atom. The van der Waals surface area contributed by atoms with Crippen LogP contribution < -0.4 is 10.2 Å². The van der Waals surface area contributed by atoms with Gasteiger partial charge in [-0.3, -0.25) is 0 Å². The molecule has 0 aromatic heterocycles. The summed E-state index contributed by atoms with van der Waals surface area (Å²) in [6.07, 6.45) is 16.5. The van der Waals surface area contributed by atoms with Gasteiger partial charge in [-0.15, -0.1) is 0 Å². The molecule has 2 aliphatic heterocycles. The van der Waals surface area contributed by atoms with Crippen LogP contribution in [0.4, 0.5) is 0 Å². The van der Waals surface area contributed by atoms with E-state index in [1.54, 1.807) is 17.0 Å². The Morgan fingerprint density at radius 1 is 0.958 bits per heavy atom. The normalized spacial score (nSPS) is 47.2. The second-order valence-electron chi connectivity index (χ2n) is 19.7. The zero-order valence-corrected chi connectivity index (χ0v) is 31.2. The van der Waals surface area contributed by atoms with Gasteiger partial charge in [-0.05, 0) is 138 Å². The van der Waals surface area contributed by atoms with Crippen molar-refractivity contribution in [2.24, 2.45) is 57.2 Å². The molecule has 48 heavy (non-hydrogen) atoms. The molecular formula is C43H65N2O3+. The quantitative estimate of drug-likeness (QED) is 0.284. The summed E-state index contributed by atoms with van der Waals surface area (Å²) in [5, 5.41) is 13.9. The minimum Gasteiger partial charge on any atom is -0.478 e. The number of allylic oxidation sites excluding steroid dienone is 2. The number of morpholine rings is 1. The van der Waals surface area contributed by atoms with Crippen LogP contribution in [0.5, 0.6) is 0 Å². The van der Waals surface area contributed by atoms with Crippen molar-refractivity contribution in [3.63, 3.8) is 0 Å².